The predicted octanol–water partition coefficient (Wildman–Crippen LogP) is 3.02. The first-order chi connectivity index (χ1) is 8.24. The van der Waals surface area contributed by atoms with E-state index in [0.29, 0.717) is 24.1 Å². The number of nitrogens with one attached hydrogen (secondary N) is 1. The quantitative estimate of drug-likeness (QED) is 0.794. The highest BCUT2D eigenvalue weighted by Gasteiger charge is 2.40. The van der Waals surface area contributed by atoms with E-state index >= 15 is 0 Å². The second-order valence-corrected chi connectivity index (χ2v) is 4.96. The van der Waals surface area contributed by atoms with Crippen molar-refractivity contribution >= 4 is 0 Å². The van der Waals surface area contributed by atoms with Gasteiger partial charge in [0.05, 0.1) is 0 Å². The fourth-order valence-electron chi connectivity index (χ4n) is 2.87. The van der Waals surface area contributed by atoms with Crippen molar-refractivity contribution in [1.29, 1.82) is 0 Å². The molecule has 0 radical (unpaired) electrons. The molecular weight excluding hydrogens is 220 g/mol. The largest absolute Gasteiger partial charge is 0.309 e. The van der Waals surface area contributed by atoms with Gasteiger partial charge >= 0.3 is 0 Å². The molecular formula is C14H15F2N. The minimum absolute atomic E-state index is 0.336. The maximum Gasteiger partial charge on any atom is 0.127 e. The van der Waals surface area contributed by atoms with Crippen LogP contribution in [0.4, 0.5) is 8.78 Å². The molecule has 3 unspecified atom stereocenters. The second kappa shape index (κ2) is 4.22. The van der Waals surface area contributed by atoms with Gasteiger partial charge in [0.2, 0.25) is 0 Å². The van der Waals surface area contributed by atoms with Gasteiger partial charge in [-0.1, -0.05) is 12.2 Å². The summed E-state index contributed by atoms with van der Waals surface area (Å²) in [6, 6.07) is 4.04. The molecule has 0 aromatic heterocycles. The van der Waals surface area contributed by atoms with Crippen LogP contribution in [-0.2, 0) is 6.54 Å². The van der Waals surface area contributed by atoms with Gasteiger partial charge in [-0.25, -0.2) is 8.78 Å². The zero-order chi connectivity index (χ0) is 11.8. The van der Waals surface area contributed by atoms with Gasteiger partial charge in [0.1, 0.15) is 11.6 Å². The normalized spacial score (nSPS) is 30.1. The number of fused-ring (bicyclic) bond motifs is 1. The van der Waals surface area contributed by atoms with Crippen molar-refractivity contribution in [3.8, 4) is 0 Å². The zero-order valence-electron chi connectivity index (χ0n) is 9.50. The molecule has 2 aliphatic carbocycles. The molecule has 0 saturated heterocycles. The summed E-state index contributed by atoms with van der Waals surface area (Å²) in [5.41, 5.74) is 0.412. The molecule has 1 aromatic rings. The standard InChI is InChI=1S/C14H15F2N/c15-11-4-5-13(16)10(6-11)8-17-14-7-9-2-1-3-12(9)14/h1,3-6,9,12,14,17H,2,7-8H2. The Hall–Kier alpha value is -1.22. The van der Waals surface area contributed by atoms with Gasteiger partial charge in [-0.15, -0.1) is 0 Å². The Morgan fingerprint density at radius 2 is 2.18 bits per heavy atom. The number of allylic oxidation sites excluding steroid dienone is 1. The van der Waals surface area contributed by atoms with E-state index in [4.69, 9.17) is 0 Å². The summed E-state index contributed by atoms with van der Waals surface area (Å²) in [5, 5.41) is 3.32. The molecule has 3 rings (SSSR count). The van der Waals surface area contributed by atoms with E-state index in [1.165, 1.54) is 18.6 Å². The van der Waals surface area contributed by atoms with E-state index in [0.717, 1.165) is 18.4 Å². The number of hydrogen-bond acceptors (Lipinski definition) is 1. The van der Waals surface area contributed by atoms with Crippen LogP contribution < -0.4 is 5.32 Å². The molecule has 1 saturated carbocycles. The third-order valence-electron chi connectivity index (χ3n) is 3.93. The van der Waals surface area contributed by atoms with Crippen LogP contribution >= 0.6 is 0 Å². The highest BCUT2D eigenvalue weighted by atomic mass is 19.1. The molecule has 1 nitrogen and oxygen atoms in total. The highest BCUT2D eigenvalue weighted by molar-refractivity contribution is 5.19. The molecule has 0 spiro atoms. The Balaban J connectivity index is 1.61. The molecule has 3 atom stereocenters. The lowest BCUT2D eigenvalue weighted by Crippen LogP contribution is -2.47. The van der Waals surface area contributed by atoms with Gasteiger partial charge in [-0.05, 0) is 42.9 Å². The highest BCUT2D eigenvalue weighted by Crippen LogP contribution is 2.42. The summed E-state index contributed by atoms with van der Waals surface area (Å²) < 4.78 is 26.4. The Kier molecular flexibility index (Phi) is 2.71. The van der Waals surface area contributed by atoms with Crippen LogP contribution in [0.5, 0.6) is 0 Å². The lowest BCUT2D eigenvalue weighted by atomic mass is 9.71. The van der Waals surface area contributed by atoms with Gasteiger partial charge in [0.15, 0.2) is 0 Å². The lowest BCUT2D eigenvalue weighted by molar-refractivity contribution is 0.161. The smallest absolute Gasteiger partial charge is 0.127 e. The van der Waals surface area contributed by atoms with Crippen molar-refractivity contribution in [2.24, 2.45) is 11.8 Å². The van der Waals surface area contributed by atoms with Crippen LogP contribution in [0, 0.1) is 23.5 Å². The summed E-state index contributed by atoms with van der Waals surface area (Å²) in [7, 11) is 0. The SMILES string of the molecule is Fc1ccc(F)c(CNC2CC3CC=CC32)c1. The molecule has 0 heterocycles. The van der Waals surface area contributed by atoms with Crippen molar-refractivity contribution < 1.29 is 8.78 Å². The second-order valence-electron chi connectivity index (χ2n) is 4.96. The molecule has 1 N–H and O–H groups in total. The molecule has 1 aromatic carbocycles. The number of halogens is 2. The zero-order valence-corrected chi connectivity index (χ0v) is 9.50. The maximum absolute atomic E-state index is 13.4. The third kappa shape index (κ3) is 2.00. The number of rotatable bonds is 3. The van der Waals surface area contributed by atoms with Gasteiger partial charge in [0.25, 0.3) is 0 Å². The predicted molar refractivity (Wildman–Crippen MR) is 62.3 cm³/mol. The van der Waals surface area contributed by atoms with Gasteiger partial charge in [-0.2, -0.15) is 0 Å². The number of benzene rings is 1. The Bertz CT molecular complexity index is 456. The van der Waals surface area contributed by atoms with E-state index < -0.39 is 0 Å². The van der Waals surface area contributed by atoms with E-state index in [-0.39, 0.29) is 11.6 Å². The minimum atomic E-state index is -0.379. The Morgan fingerprint density at radius 3 is 3.00 bits per heavy atom. The molecule has 0 aliphatic heterocycles. The first-order valence-corrected chi connectivity index (χ1v) is 6.08. The Labute approximate surface area is 99.5 Å². The van der Waals surface area contributed by atoms with Crippen molar-refractivity contribution in [3.63, 3.8) is 0 Å². The van der Waals surface area contributed by atoms with Crippen molar-refractivity contribution in [2.75, 3.05) is 0 Å². The lowest BCUT2D eigenvalue weighted by Gasteiger charge is -2.40. The summed E-state index contributed by atoms with van der Waals surface area (Å²) >= 11 is 0. The molecule has 0 amide bonds. The third-order valence-corrected chi connectivity index (χ3v) is 3.93. The number of hydrogen-bond donors (Lipinski definition) is 1. The molecule has 3 heteroatoms. The summed E-state index contributed by atoms with van der Waals surface area (Å²) in [4.78, 5) is 0. The summed E-state index contributed by atoms with van der Waals surface area (Å²) in [5.74, 6) is 0.670. The van der Waals surface area contributed by atoms with Crippen LogP contribution in [0.2, 0.25) is 0 Å². The first kappa shape index (κ1) is 10.9. The van der Waals surface area contributed by atoms with Crippen molar-refractivity contribution in [3.05, 3.63) is 47.5 Å². The molecule has 17 heavy (non-hydrogen) atoms. The van der Waals surface area contributed by atoms with Gasteiger partial charge < -0.3 is 5.32 Å². The first-order valence-electron chi connectivity index (χ1n) is 6.08. The van der Waals surface area contributed by atoms with Crippen LogP contribution in [0.3, 0.4) is 0 Å². The average molecular weight is 235 g/mol. The van der Waals surface area contributed by atoms with Crippen LogP contribution in [0.15, 0.2) is 30.4 Å². The van der Waals surface area contributed by atoms with E-state index in [9.17, 15) is 8.78 Å². The van der Waals surface area contributed by atoms with E-state index in [1.807, 2.05) is 0 Å². The maximum atomic E-state index is 13.4. The monoisotopic (exact) mass is 235 g/mol. The van der Waals surface area contributed by atoms with Crippen LogP contribution in [0.25, 0.3) is 0 Å². The van der Waals surface area contributed by atoms with Crippen molar-refractivity contribution in [1.82, 2.24) is 5.32 Å². The average Bonchev–Trinajstić information content (AvgIpc) is 2.65. The minimum Gasteiger partial charge on any atom is -0.309 e. The van der Waals surface area contributed by atoms with Gasteiger partial charge in [0, 0.05) is 18.2 Å². The van der Waals surface area contributed by atoms with E-state index in [1.54, 1.807) is 0 Å². The van der Waals surface area contributed by atoms with Gasteiger partial charge in [-0.3, -0.25) is 0 Å². The molecule has 90 valence electrons. The molecule has 1 fully saturated rings. The Morgan fingerprint density at radius 1 is 1.29 bits per heavy atom. The van der Waals surface area contributed by atoms with Crippen molar-refractivity contribution in [2.45, 2.75) is 25.4 Å². The summed E-state index contributed by atoms with van der Waals surface area (Å²) in [6.07, 6.45) is 6.79. The fraction of sp³-hybridized carbons (Fsp3) is 0.429. The van der Waals surface area contributed by atoms with Crippen LogP contribution in [-0.4, -0.2) is 6.04 Å². The van der Waals surface area contributed by atoms with Crippen LogP contribution in [0.1, 0.15) is 18.4 Å². The molecule has 0 bridgehead atoms. The fourth-order valence-corrected chi connectivity index (χ4v) is 2.87. The molecule has 2 aliphatic rings. The summed E-state index contributed by atoms with van der Waals surface area (Å²) in [6.45, 7) is 0.408. The van der Waals surface area contributed by atoms with E-state index in [2.05, 4.69) is 17.5 Å². The topological polar surface area (TPSA) is 12.0 Å².